The molecule has 0 aliphatic rings. The van der Waals surface area contributed by atoms with Crippen molar-refractivity contribution in [1.29, 1.82) is 0 Å². The van der Waals surface area contributed by atoms with Crippen LogP contribution in [-0.4, -0.2) is 29.7 Å². The molecule has 0 saturated heterocycles. The number of carboxylic acids is 1. The summed E-state index contributed by atoms with van der Waals surface area (Å²) in [5.74, 6) is -0.536. The summed E-state index contributed by atoms with van der Waals surface area (Å²) in [6.07, 6.45) is 4.36. The molecule has 2 aromatic rings. The molecule has 2 aromatic heterocycles. The number of anilines is 1. The van der Waals surface area contributed by atoms with E-state index >= 15 is 0 Å². The van der Waals surface area contributed by atoms with Crippen molar-refractivity contribution in [1.82, 2.24) is 4.98 Å². The summed E-state index contributed by atoms with van der Waals surface area (Å²) in [5.41, 5.74) is 1.18. The number of carbonyl (C=O) groups is 1. The van der Waals surface area contributed by atoms with Gasteiger partial charge in [-0.2, -0.15) is 0 Å². The summed E-state index contributed by atoms with van der Waals surface area (Å²) in [6.45, 7) is 0.747. The second kappa shape index (κ2) is 5.35. The molecule has 0 aliphatic heterocycles. The predicted molar refractivity (Wildman–Crippen MR) is 66.9 cm³/mol. The summed E-state index contributed by atoms with van der Waals surface area (Å²) in [6, 6.07) is 7.04. The van der Waals surface area contributed by atoms with Gasteiger partial charge < -0.3 is 14.4 Å². The number of carboxylic acid groups (broad SMARTS) is 1. The van der Waals surface area contributed by atoms with Crippen molar-refractivity contribution in [2.45, 2.75) is 6.42 Å². The lowest BCUT2D eigenvalue weighted by Gasteiger charge is -2.15. The minimum atomic E-state index is -1.05. The van der Waals surface area contributed by atoms with Gasteiger partial charge in [-0.1, -0.05) is 0 Å². The molecule has 2 heterocycles. The zero-order valence-corrected chi connectivity index (χ0v) is 10.0. The van der Waals surface area contributed by atoms with Gasteiger partial charge in [-0.3, -0.25) is 4.98 Å². The maximum absolute atomic E-state index is 10.7. The van der Waals surface area contributed by atoms with Crippen LogP contribution in [0.25, 0.3) is 0 Å². The van der Waals surface area contributed by atoms with E-state index < -0.39 is 5.97 Å². The molecule has 5 heteroatoms. The van der Waals surface area contributed by atoms with E-state index in [4.69, 9.17) is 9.52 Å². The molecule has 0 bridgehead atoms. The van der Waals surface area contributed by atoms with Gasteiger partial charge in [-0.15, -0.1) is 0 Å². The molecule has 0 unspecified atom stereocenters. The van der Waals surface area contributed by atoms with Crippen molar-refractivity contribution in [3.8, 4) is 0 Å². The van der Waals surface area contributed by atoms with Crippen molar-refractivity contribution in [3.05, 3.63) is 48.0 Å². The summed E-state index contributed by atoms with van der Waals surface area (Å²) in [5, 5.41) is 8.77. The number of furan rings is 1. The molecule has 94 valence electrons. The van der Waals surface area contributed by atoms with E-state index in [0.29, 0.717) is 5.88 Å². The van der Waals surface area contributed by atoms with E-state index in [9.17, 15) is 4.79 Å². The zero-order valence-electron chi connectivity index (χ0n) is 10.0. The quantitative estimate of drug-likeness (QED) is 0.874. The fourth-order valence-electron chi connectivity index (χ4n) is 1.60. The number of hydrogen-bond donors (Lipinski definition) is 1. The largest absolute Gasteiger partial charge is 0.475 e. The predicted octanol–water partition coefficient (Wildman–Crippen LogP) is 2.05. The molecule has 5 nitrogen and oxygen atoms in total. The van der Waals surface area contributed by atoms with Gasteiger partial charge in [0.2, 0.25) is 5.76 Å². The standard InChI is InChI=1S/C13H14N2O3/c1-15(9-6-10-4-7-14-8-5-10)12-3-2-11(18-12)13(16)17/h2-5,7-8H,6,9H2,1H3,(H,16,17). The monoisotopic (exact) mass is 246 g/mol. The van der Waals surface area contributed by atoms with Crippen LogP contribution >= 0.6 is 0 Å². The number of likely N-dealkylation sites (N-methyl/N-ethyl adjacent to an activating group) is 1. The van der Waals surface area contributed by atoms with Crippen LogP contribution in [0.5, 0.6) is 0 Å². The van der Waals surface area contributed by atoms with Crippen molar-refractivity contribution in [2.75, 3.05) is 18.5 Å². The van der Waals surface area contributed by atoms with Crippen LogP contribution in [0.4, 0.5) is 5.88 Å². The molecule has 18 heavy (non-hydrogen) atoms. The highest BCUT2D eigenvalue weighted by Gasteiger charge is 2.11. The summed E-state index contributed by atoms with van der Waals surface area (Å²) < 4.78 is 5.21. The van der Waals surface area contributed by atoms with E-state index in [1.807, 2.05) is 24.1 Å². The zero-order chi connectivity index (χ0) is 13.0. The summed E-state index contributed by atoms with van der Waals surface area (Å²) >= 11 is 0. The Labute approximate surface area is 105 Å². The van der Waals surface area contributed by atoms with Gasteiger partial charge in [0.05, 0.1) is 0 Å². The number of rotatable bonds is 5. The highest BCUT2D eigenvalue weighted by molar-refractivity contribution is 5.84. The van der Waals surface area contributed by atoms with Gasteiger partial charge in [0.1, 0.15) is 0 Å². The third kappa shape index (κ3) is 2.88. The van der Waals surface area contributed by atoms with E-state index in [1.165, 1.54) is 11.6 Å². The second-order valence-electron chi connectivity index (χ2n) is 3.97. The van der Waals surface area contributed by atoms with Crippen molar-refractivity contribution >= 4 is 11.9 Å². The van der Waals surface area contributed by atoms with Crippen LogP contribution in [0.3, 0.4) is 0 Å². The summed E-state index contributed by atoms with van der Waals surface area (Å²) in [4.78, 5) is 16.5. The van der Waals surface area contributed by atoms with E-state index in [2.05, 4.69) is 4.98 Å². The third-order valence-electron chi connectivity index (χ3n) is 2.66. The lowest BCUT2D eigenvalue weighted by molar-refractivity contribution is 0.0663. The lowest BCUT2D eigenvalue weighted by atomic mass is 10.2. The molecule has 0 radical (unpaired) electrons. The molecule has 0 aliphatic carbocycles. The molecule has 2 rings (SSSR count). The van der Waals surface area contributed by atoms with Crippen LogP contribution in [0.2, 0.25) is 0 Å². The van der Waals surface area contributed by atoms with Gasteiger partial charge in [0.15, 0.2) is 5.88 Å². The number of nitrogens with zero attached hydrogens (tertiary/aromatic N) is 2. The molecular weight excluding hydrogens is 232 g/mol. The summed E-state index contributed by atoms with van der Waals surface area (Å²) in [7, 11) is 1.87. The molecule has 0 fully saturated rings. The van der Waals surface area contributed by atoms with Crippen LogP contribution in [-0.2, 0) is 6.42 Å². The Kier molecular flexibility index (Phi) is 3.62. The molecule has 1 N–H and O–H groups in total. The van der Waals surface area contributed by atoms with Gasteiger partial charge in [-0.05, 0) is 30.2 Å². The number of pyridine rings is 1. The molecular formula is C13H14N2O3. The van der Waals surface area contributed by atoms with Crippen LogP contribution in [0, 0.1) is 0 Å². The Balaban J connectivity index is 1.95. The van der Waals surface area contributed by atoms with Crippen LogP contribution in [0.1, 0.15) is 16.1 Å². The fraction of sp³-hybridized carbons (Fsp3) is 0.231. The Hall–Kier alpha value is -2.30. The molecule has 0 spiro atoms. The Morgan fingerprint density at radius 1 is 1.33 bits per heavy atom. The highest BCUT2D eigenvalue weighted by Crippen LogP contribution is 2.17. The number of hydrogen-bond acceptors (Lipinski definition) is 4. The van der Waals surface area contributed by atoms with E-state index in [-0.39, 0.29) is 5.76 Å². The van der Waals surface area contributed by atoms with E-state index in [1.54, 1.807) is 18.5 Å². The Morgan fingerprint density at radius 3 is 2.67 bits per heavy atom. The molecule has 0 saturated carbocycles. The topological polar surface area (TPSA) is 66.6 Å². The average molecular weight is 246 g/mol. The maximum Gasteiger partial charge on any atom is 0.371 e. The maximum atomic E-state index is 10.7. The average Bonchev–Trinajstić information content (AvgIpc) is 2.87. The van der Waals surface area contributed by atoms with Gasteiger partial charge >= 0.3 is 5.97 Å². The Bertz CT molecular complexity index is 522. The SMILES string of the molecule is CN(CCc1ccncc1)c1ccc(C(=O)O)o1. The van der Waals surface area contributed by atoms with Gasteiger partial charge in [-0.25, -0.2) is 4.79 Å². The minimum Gasteiger partial charge on any atom is -0.475 e. The highest BCUT2D eigenvalue weighted by atomic mass is 16.4. The minimum absolute atomic E-state index is 0.0410. The van der Waals surface area contributed by atoms with Crippen LogP contribution < -0.4 is 4.90 Å². The first kappa shape index (κ1) is 12.2. The smallest absolute Gasteiger partial charge is 0.371 e. The van der Waals surface area contributed by atoms with Crippen molar-refractivity contribution < 1.29 is 14.3 Å². The fourth-order valence-corrected chi connectivity index (χ4v) is 1.60. The molecule has 0 aromatic carbocycles. The number of aromatic nitrogens is 1. The number of aromatic carboxylic acids is 1. The van der Waals surface area contributed by atoms with Crippen molar-refractivity contribution in [2.24, 2.45) is 0 Å². The van der Waals surface area contributed by atoms with E-state index in [0.717, 1.165) is 13.0 Å². The first-order valence-electron chi connectivity index (χ1n) is 5.60. The molecule has 0 atom stereocenters. The third-order valence-corrected chi connectivity index (χ3v) is 2.66. The van der Waals surface area contributed by atoms with Gasteiger partial charge in [0, 0.05) is 32.1 Å². The lowest BCUT2D eigenvalue weighted by Crippen LogP contribution is -2.19. The van der Waals surface area contributed by atoms with Crippen molar-refractivity contribution in [3.63, 3.8) is 0 Å². The van der Waals surface area contributed by atoms with Gasteiger partial charge in [0.25, 0.3) is 0 Å². The normalized spacial score (nSPS) is 10.3. The molecule has 0 amide bonds. The first-order chi connectivity index (χ1) is 8.66. The second-order valence-corrected chi connectivity index (χ2v) is 3.97. The Morgan fingerprint density at radius 2 is 2.06 bits per heavy atom. The first-order valence-corrected chi connectivity index (χ1v) is 5.60. The van der Waals surface area contributed by atoms with Crippen LogP contribution in [0.15, 0.2) is 41.1 Å².